The maximum atomic E-state index is 3.93. The zero-order chi connectivity index (χ0) is 13.7. The third kappa shape index (κ3) is 4.27. The molecule has 0 bridgehead atoms. The van der Waals surface area contributed by atoms with E-state index in [0.29, 0.717) is 12.0 Å². The van der Waals surface area contributed by atoms with Gasteiger partial charge in [0, 0.05) is 25.5 Å². The first kappa shape index (κ1) is 14.3. The minimum absolute atomic E-state index is 0.422. The van der Waals surface area contributed by atoms with Gasteiger partial charge in [0.2, 0.25) is 0 Å². The SMILES string of the molecule is CC(C)c1cn(C)nn1.Cc1cn(C(C)C)nn1. The van der Waals surface area contributed by atoms with Crippen molar-refractivity contribution in [1.29, 1.82) is 0 Å². The van der Waals surface area contributed by atoms with E-state index in [1.54, 1.807) is 4.68 Å². The van der Waals surface area contributed by atoms with Gasteiger partial charge in [-0.1, -0.05) is 24.3 Å². The van der Waals surface area contributed by atoms with Gasteiger partial charge in [0.15, 0.2) is 0 Å². The van der Waals surface area contributed by atoms with Crippen LogP contribution in [0.25, 0.3) is 0 Å². The van der Waals surface area contributed by atoms with Crippen LogP contribution in [0.15, 0.2) is 12.4 Å². The Balaban J connectivity index is 0.000000180. The van der Waals surface area contributed by atoms with Gasteiger partial charge in [-0.3, -0.25) is 4.68 Å². The van der Waals surface area contributed by atoms with Gasteiger partial charge in [0.05, 0.1) is 11.4 Å². The Morgan fingerprint density at radius 2 is 1.67 bits per heavy atom. The van der Waals surface area contributed by atoms with Crippen molar-refractivity contribution in [2.45, 2.75) is 46.6 Å². The number of aromatic nitrogens is 6. The van der Waals surface area contributed by atoms with E-state index in [9.17, 15) is 0 Å². The largest absolute Gasteiger partial charge is 0.255 e. The molecule has 0 unspecified atom stereocenters. The summed E-state index contributed by atoms with van der Waals surface area (Å²) in [6, 6.07) is 0.422. The maximum absolute atomic E-state index is 3.93. The third-order valence-electron chi connectivity index (χ3n) is 2.37. The monoisotopic (exact) mass is 250 g/mol. The van der Waals surface area contributed by atoms with Crippen LogP contribution in [0.4, 0.5) is 0 Å². The van der Waals surface area contributed by atoms with E-state index in [1.165, 1.54) is 0 Å². The summed E-state index contributed by atoms with van der Waals surface area (Å²) in [5, 5.41) is 15.5. The van der Waals surface area contributed by atoms with Crippen LogP contribution in [-0.2, 0) is 7.05 Å². The van der Waals surface area contributed by atoms with Crippen molar-refractivity contribution in [3.8, 4) is 0 Å². The van der Waals surface area contributed by atoms with Crippen LogP contribution in [0.5, 0.6) is 0 Å². The first-order valence-electron chi connectivity index (χ1n) is 6.14. The highest BCUT2D eigenvalue weighted by molar-refractivity contribution is 4.97. The van der Waals surface area contributed by atoms with Crippen molar-refractivity contribution in [2.75, 3.05) is 0 Å². The van der Waals surface area contributed by atoms with Crippen molar-refractivity contribution < 1.29 is 0 Å². The molecule has 0 aliphatic heterocycles. The second-order valence-electron chi connectivity index (χ2n) is 4.91. The second-order valence-corrected chi connectivity index (χ2v) is 4.91. The molecule has 0 aliphatic rings. The topological polar surface area (TPSA) is 61.4 Å². The van der Waals surface area contributed by atoms with E-state index in [2.05, 4.69) is 48.3 Å². The number of rotatable bonds is 2. The molecule has 0 amide bonds. The molecule has 0 N–H and O–H groups in total. The highest BCUT2D eigenvalue weighted by atomic mass is 15.4. The van der Waals surface area contributed by atoms with Crippen molar-refractivity contribution in [2.24, 2.45) is 7.05 Å². The summed E-state index contributed by atoms with van der Waals surface area (Å²) in [5.74, 6) is 0.485. The van der Waals surface area contributed by atoms with E-state index in [-0.39, 0.29) is 0 Å². The van der Waals surface area contributed by atoms with Crippen molar-refractivity contribution >= 4 is 0 Å². The average Bonchev–Trinajstić information content (AvgIpc) is 2.88. The van der Waals surface area contributed by atoms with Gasteiger partial charge in [-0.15, -0.1) is 10.2 Å². The molecule has 100 valence electrons. The van der Waals surface area contributed by atoms with Crippen LogP contribution in [0.2, 0.25) is 0 Å². The lowest BCUT2D eigenvalue weighted by Gasteiger charge is -2.00. The molecule has 18 heavy (non-hydrogen) atoms. The minimum atomic E-state index is 0.422. The van der Waals surface area contributed by atoms with Crippen LogP contribution in [0.1, 0.15) is 51.0 Å². The van der Waals surface area contributed by atoms with Crippen LogP contribution in [0.3, 0.4) is 0 Å². The summed E-state index contributed by atoms with van der Waals surface area (Å²) < 4.78 is 3.56. The van der Waals surface area contributed by atoms with Gasteiger partial charge in [-0.2, -0.15) is 0 Å². The first-order chi connectivity index (χ1) is 8.40. The van der Waals surface area contributed by atoms with Crippen LogP contribution in [0, 0.1) is 6.92 Å². The zero-order valence-electron chi connectivity index (χ0n) is 12.0. The molecule has 0 atom stereocenters. The Morgan fingerprint density at radius 3 is 1.89 bits per heavy atom. The average molecular weight is 250 g/mol. The smallest absolute Gasteiger partial charge is 0.0852 e. The fraction of sp³-hybridized carbons (Fsp3) is 0.667. The fourth-order valence-corrected chi connectivity index (χ4v) is 1.25. The number of aryl methyl sites for hydroxylation is 2. The highest BCUT2D eigenvalue weighted by Crippen LogP contribution is 2.07. The number of hydrogen-bond acceptors (Lipinski definition) is 4. The standard InChI is InChI=1S/2C6H11N3/c1-5(2)6-4-9(3)8-7-6;1-5(2)9-4-6(3)7-8-9/h2*4-5H,1-3H3. The summed E-state index contributed by atoms with van der Waals surface area (Å²) in [7, 11) is 1.87. The summed E-state index contributed by atoms with van der Waals surface area (Å²) in [4.78, 5) is 0. The molecule has 0 aliphatic carbocycles. The van der Waals surface area contributed by atoms with Crippen molar-refractivity contribution in [3.05, 3.63) is 23.8 Å². The van der Waals surface area contributed by atoms with E-state index >= 15 is 0 Å². The zero-order valence-corrected chi connectivity index (χ0v) is 12.0. The summed E-state index contributed by atoms with van der Waals surface area (Å²) in [6.07, 6.45) is 3.87. The molecule has 2 aromatic rings. The van der Waals surface area contributed by atoms with Crippen molar-refractivity contribution in [1.82, 2.24) is 30.0 Å². The van der Waals surface area contributed by atoms with Crippen LogP contribution >= 0.6 is 0 Å². The Morgan fingerprint density at radius 1 is 1.00 bits per heavy atom. The molecule has 0 aromatic carbocycles. The molecular weight excluding hydrogens is 228 g/mol. The molecule has 6 nitrogen and oxygen atoms in total. The lowest BCUT2D eigenvalue weighted by atomic mass is 10.2. The molecule has 0 spiro atoms. The van der Waals surface area contributed by atoms with Gasteiger partial charge >= 0.3 is 0 Å². The molecule has 6 heteroatoms. The molecular formula is C12H22N6. The molecule has 0 fully saturated rings. The Kier molecular flexibility index (Phi) is 5.00. The van der Waals surface area contributed by atoms with Gasteiger partial charge in [0.25, 0.3) is 0 Å². The van der Waals surface area contributed by atoms with Crippen molar-refractivity contribution in [3.63, 3.8) is 0 Å². The molecule has 2 aromatic heterocycles. The Bertz CT molecular complexity index is 424. The predicted octanol–water partition coefficient (Wildman–Crippen LogP) is 2.11. The van der Waals surface area contributed by atoms with Crippen LogP contribution in [-0.4, -0.2) is 30.0 Å². The Hall–Kier alpha value is -1.72. The summed E-state index contributed by atoms with van der Waals surface area (Å²) in [6.45, 7) is 10.3. The maximum Gasteiger partial charge on any atom is 0.0852 e. The summed E-state index contributed by atoms with van der Waals surface area (Å²) in [5.41, 5.74) is 2.03. The lowest BCUT2D eigenvalue weighted by Crippen LogP contribution is -2.00. The lowest BCUT2D eigenvalue weighted by molar-refractivity contribution is 0.514. The van der Waals surface area contributed by atoms with Gasteiger partial charge in [-0.05, 0) is 26.7 Å². The molecule has 0 radical (unpaired) electrons. The molecule has 0 saturated carbocycles. The number of nitrogens with zero attached hydrogens (tertiary/aromatic N) is 6. The van der Waals surface area contributed by atoms with E-state index < -0.39 is 0 Å². The van der Waals surface area contributed by atoms with E-state index in [4.69, 9.17) is 0 Å². The highest BCUT2D eigenvalue weighted by Gasteiger charge is 2.01. The van der Waals surface area contributed by atoms with Gasteiger partial charge < -0.3 is 0 Å². The fourth-order valence-electron chi connectivity index (χ4n) is 1.25. The van der Waals surface area contributed by atoms with E-state index in [0.717, 1.165) is 11.4 Å². The molecule has 2 heterocycles. The van der Waals surface area contributed by atoms with Gasteiger partial charge in [-0.25, -0.2) is 4.68 Å². The number of hydrogen-bond donors (Lipinski definition) is 0. The minimum Gasteiger partial charge on any atom is -0.255 e. The van der Waals surface area contributed by atoms with Gasteiger partial charge in [0.1, 0.15) is 0 Å². The third-order valence-corrected chi connectivity index (χ3v) is 2.37. The molecule has 2 rings (SSSR count). The quantitative estimate of drug-likeness (QED) is 0.819. The molecule has 0 saturated heterocycles. The normalized spacial score (nSPS) is 10.7. The first-order valence-corrected chi connectivity index (χ1v) is 6.14. The van der Waals surface area contributed by atoms with E-state index in [1.807, 2.05) is 31.0 Å². The second kappa shape index (κ2) is 6.28. The van der Waals surface area contributed by atoms with Crippen LogP contribution < -0.4 is 0 Å². The summed E-state index contributed by atoms with van der Waals surface area (Å²) >= 11 is 0. The predicted molar refractivity (Wildman–Crippen MR) is 70.2 cm³/mol. The Labute approximate surface area is 108 Å².